The maximum Gasteiger partial charge on any atom is 0.336 e. The third-order valence-corrected chi connectivity index (χ3v) is 4.03. The molecule has 2 aromatic carbocycles. The van der Waals surface area contributed by atoms with Crippen molar-refractivity contribution in [3.8, 4) is 22.8 Å². The quantitative estimate of drug-likeness (QED) is 0.751. The number of ether oxygens (including phenoxy) is 2. The Hall–Kier alpha value is -3.08. The average molecular weight is 337 g/mol. The topological polar surface area (TPSA) is 68.7 Å². The van der Waals surface area contributed by atoms with Crippen molar-refractivity contribution in [1.29, 1.82) is 0 Å². The minimum Gasteiger partial charge on any atom is -0.497 e. The zero-order chi connectivity index (χ0) is 18.0. The van der Waals surface area contributed by atoms with Gasteiger partial charge in [0.05, 0.1) is 30.5 Å². The number of carboxylic acid groups (broad SMARTS) is 1. The molecule has 0 aliphatic carbocycles. The monoisotopic (exact) mass is 337 g/mol. The number of benzene rings is 2. The molecule has 5 heteroatoms. The van der Waals surface area contributed by atoms with Gasteiger partial charge in [0.1, 0.15) is 11.5 Å². The Labute approximate surface area is 145 Å². The molecule has 0 bridgehead atoms. The van der Waals surface area contributed by atoms with Crippen LogP contribution in [0.15, 0.2) is 42.5 Å². The molecule has 0 aliphatic heterocycles. The number of aromatic nitrogens is 1. The summed E-state index contributed by atoms with van der Waals surface area (Å²) < 4.78 is 11.0. The highest BCUT2D eigenvalue weighted by atomic mass is 16.5. The largest absolute Gasteiger partial charge is 0.497 e. The zero-order valence-electron chi connectivity index (χ0n) is 14.4. The highest BCUT2D eigenvalue weighted by molar-refractivity contribution is 6.04. The van der Waals surface area contributed by atoms with Crippen molar-refractivity contribution >= 4 is 16.9 Å². The van der Waals surface area contributed by atoms with E-state index in [1.165, 1.54) is 0 Å². The first-order valence-electron chi connectivity index (χ1n) is 8.00. The molecule has 0 amide bonds. The summed E-state index contributed by atoms with van der Waals surface area (Å²) in [5.74, 6) is 0.308. The Morgan fingerprint density at radius 3 is 2.68 bits per heavy atom. The number of hydrogen-bond acceptors (Lipinski definition) is 4. The number of fused-ring (bicyclic) bond motifs is 1. The van der Waals surface area contributed by atoms with Gasteiger partial charge in [0.2, 0.25) is 0 Å². The highest BCUT2D eigenvalue weighted by Gasteiger charge is 2.17. The lowest BCUT2D eigenvalue weighted by Gasteiger charge is -2.14. The summed E-state index contributed by atoms with van der Waals surface area (Å²) in [7, 11) is 1.58. The van der Waals surface area contributed by atoms with Gasteiger partial charge >= 0.3 is 5.97 Å². The van der Waals surface area contributed by atoms with Gasteiger partial charge in [0.25, 0.3) is 0 Å². The Morgan fingerprint density at radius 2 is 2.00 bits per heavy atom. The van der Waals surface area contributed by atoms with Crippen LogP contribution < -0.4 is 9.47 Å². The summed E-state index contributed by atoms with van der Waals surface area (Å²) in [6, 6.07) is 12.5. The van der Waals surface area contributed by atoms with Crippen LogP contribution in [0.25, 0.3) is 22.2 Å². The van der Waals surface area contributed by atoms with Gasteiger partial charge in [-0.25, -0.2) is 9.78 Å². The summed E-state index contributed by atoms with van der Waals surface area (Å²) >= 11 is 0. The zero-order valence-corrected chi connectivity index (χ0v) is 14.4. The standard InChI is InChI=1S/C20H19NO4/c1-4-25-18-9-8-13(24-3)10-16(18)17-11-15(20(22)23)14-7-5-6-12(2)19(14)21-17/h5-11H,4H2,1-3H3,(H,22,23). The fourth-order valence-electron chi connectivity index (χ4n) is 2.82. The molecule has 0 radical (unpaired) electrons. The molecule has 1 N–H and O–H groups in total. The maximum absolute atomic E-state index is 11.8. The maximum atomic E-state index is 11.8. The summed E-state index contributed by atoms with van der Waals surface area (Å²) in [5, 5.41) is 10.3. The number of rotatable bonds is 5. The van der Waals surface area contributed by atoms with Crippen LogP contribution in [0, 0.1) is 6.92 Å². The minimum atomic E-state index is -0.986. The molecule has 3 rings (SSSR count). The first kappa shape index (κ1) is 16.8. The highest BCUT2D eigenvalue weighted by Crippen LogP contribution is 2.35. The van der Waals surface area contributed by atoms with Crippen LogP contribution in [0.3, 0.4) is 0 Å². The average Bonchev–Trinajstić information content (AvgIpc) is 2.62. The van der Waals surface area contributed by atoms with Gasteiger partial charge < -0.3 is 14.6 Å². The van der Waals surface area contributed by atoms with Crippen LogP contribution in [-0.4, -0.2) is 29.8 Å². The van der Waals surface area contributed by atoms with Crippen LogP contribution in [0.5, 0.6) is 11.5 Å². The van der Waals surface area contributed by atoms with E-state index < -0.39 is 5.97 Å². The van der Waals surface area contributed by atoms with E-state index in [1.54, 1.807) is 25.3 Å². The summed E-state index contributed by atoms with van der Waals surface area (Å²) in [5.41, 5.74) is 3.05. The number of nitrogens with zero attached hydrogens (tertiary/aromatic N) is 1. The first-order chi connectivity index (χ1) is 12.0. The summed E-state index contributed by atoms with van der Waals surface area (Å²) in [6.07, 6.45) is 0. The number of hydrogen-bond donors (Lipinski definition) is 1. The Kier molecular flexibility index (Phi) is 4.57. The number of methoxy groups -OCH3 is 1. The lowest BCUT2D eigenvalue weighted by molar-refractivity contribution is 0.0699. The number of aromatic carboxylic acids is 1. The van der Waals surface area contributed by atoms with Gasteiger partial charge in [-0.15, -0.1) is 0 Å². The molecule has 0 saturated carbocycles. The Bertz CT molecular complexity index is 950. The van der Waals surface area contributed by atoms with Gasteiger partial charge in [-0.05, 0) is 43.7 Å². The van der Waals surface area contributed by atoms with Gasteiger partial charge in [-0.2, -0.15) is 0 Å². The number of pyridine rings is 1. The minimum absolute atomic E-state index is 0.217. The van der Waals surface area contributed by atoms with E-state index in [4.69, 9.17) is 14.5 Å². The second-order valence-electron chi connectivity index (χ2n) is 5.63. The van der Waals surface area contributed by atoms with Crippen molar-refractivity contribution in [3.05, 3.63) is 53.6 Å². The van der Waals surface area contributed by atoms with Crippen molar-refractivity contribution in [3.63, 3.8) is 0 Å². The molecule has 25 heavy (non-hydrogen) atoms. The van der Waals surface area contributed by atoms with Crippen molar-refractivity contribution in [2.45, 2.75) is 13.8 Å². The Morgan fingerprint density at radius 1 is 1.20 bits per heavy atom. The first-order valence-corrected chi connectivity index (χ1v) is 8.00. The van der Waals surface area contributed by atoms with E-state index in [9.17, 15) is 9.90 Å². The molecule has 3 aromatic rings. The van der Waals surface area contributed by atoms with Crippen LogP contribution in [0.1, 0.15) is 22.8 Å². The van der Waals surface area contributed by atoms with Crippen molar-refractivity contribution in [2.75, 3.05) is 13.7 Å². The van der Waals surface area contributed by atoms with Crippen LogP contribution >= 0.6 is 0 Å². The molecule has 128 valence electrons. The van der Waals surface area contributed by atoms with E-state index in [2.05, 4.69) is 0 Å². The SMILES string of the molecule is CCOc1ccc(OC)cc1-c1cc(C(=O)O)c2cccc(C)c2n1. The van der Waals surface area contributed by atoms with Gasteiger partial charge in [0, 0.05) is 10.9 Å². The molecule has 0 saturated heterocycles. The van der Waals surface area contributed by atoms with Crippen molar-refractivity contribution < 1.29 is 19.4 Å². The molecule has 5 nitrogen and oxygen atoms in total. The van der Waals surface area contributed by atoms with Crippen LogP contribution in [-0.2, 0) is 0 Å². The predicted molar refractivity (Wildman–Crippen MR) is 96.6 cm³/mol. The fraction of sp³-hybridized carbons (Fsp3) is 0.200. The molecular weight excluding hydrogens is 318 g/mol. The molecule has 0 atom stereocenters. The van der Waals surface area contributed by atoms with E-state index in [0.29, 0.717) is 40.3 Å². The second kappa shape index (κ2) is 6.81. The molecule has 1 heterocycles. The van der Waals surface area contributed by atoms with Crippen LogP contribution in [0.4, 0.5) is 0 Å². The molecular formula is C20H19NO4. The second-order valence-corrected chi connectivity index (χ2v) is 5.63. The molecule has 0 unspecified atom stereocenters. The fourth-order valence-corrected chi connectivity index (χ4v) is 2.82. The van der Waals surface area contributed by atoms with E-state index in [0.717, 1.165) is 5.56 Å². The summed E-state index contributed by atoms with van der Waals surface area (Å²) in [6.45, 7) is 4.31. The molecule has 0 aliphatic rings. The smallest absolute Gasteiger partial charge is 0.336 e. The van der Waals surface area contributed by atoms with Crippen molar-refractivity contribution in [2.24, 2.45) is 0 Å². The normalized spacial score (nSPS) is 10.7. The molecule has 0 spiro atoms. The van der Waals surface area contributed by atoms with Gasteiger partial charge in [0.15, 0.2) is 0 Å². The third kappa shape index (κ3) is 3.13. The number of para-hydroxylation sites is 1. The lowest BCUT2D eigenvalue weighted by Crippen LogP contribution is -2.02. The number of aryl methyl sites for hydroxylation is 1. The number of carbonyl (C=O) groups is 1. The van der Waals surface area contributed by atoms with Gasteiger partial charge in [-0.1, -0.05) is 18.2 Å². The number of carboxylic acids is 1. The summed E-state index contributed by atoms with van der Waals surface area (Å²) in [4.78, 5) is 16.5. The van der Waals surface area contributed by atoms with Crippen molar-refractivity contribution in [1.82, 2.24) is 4.98 Å². The molecule has 0 fully saturated rings. The van der Waals surface area contributed by atoms with E-state index >= 15 is 0 Å². The van der Waals surface area contributed by atoms with E-state index in [1.807, 2.05) is 38.1 Å². The lowest BCUT2D eigenvalue weighted by atomic mass is 10.0. The van der Waals surface area contributed by atoms with Gasteiger partial charge in [-0.3, -0.25) is 0 Å². The van der Waals surface area contributed by atoms with E-state index in [-0.39, 0.29) is 5.56 Å². The molecule has 1 aromatic heterocycles. The third-order valence-electron chi connectivity index (χ3n) is 4.03. The Balaban J connectivity index is 2.32. The predicted octanol–water partition coefficient (Wildman–Crippen LogP) is 4.32. The van der Waals surface area contributed by atoms with Crippen LogP contribution in [0.2, 0.25) is 0 Å².